The maximum Gasteiger partial charge on any atom is 0.161 e. The van der Waals surface area contributed by atoms with Gasteiger partial charge in [-0.1, -0.05) is 35.9 Å². The van der Waals surface area contributed by atoms with Crippen LogP contribution in [0.4, 0.5) is 0 Å². The van der Waals surface area contributed by atoms with Gasteiger partial charge in [-0.05, 0) is 49.9 Å². The summed E-state index contributed by atoms with van der Waals surface area (Å²) in [6.07, 6.45) is 1.61. The molecule has 1 atom stereocenters. The Bertz CT molecular complexity index is 688. The van der Waals surface area contributed by atoms with E-state index in [0.29, 0.717) is 6.61 Å². The fourth-order valence-corrected chi connectivity index (χ4v) is 2.63. The van der Waals surface area contributed by atoms with Crippen molar-refractivity contribution in [3.05, 3.63) is 59.2 Å². The van der Waals surface area contributed by atoms with Gasteiger partial charge in [0.05, 0.1) is 25.7 Å². The predicted molar refractivity (Wildman–Crippen MR) is 92.0 cm³/mol. The van der Waals surface area contributed by atoms with Crippen molar-refractivity contribution in [1.82, 2.24) is 0 Å². The molecule has 2 aromatic carbocycles. The van der Waals surface area contributed by atoms with Crippen LogP contribution in [0.1, 0.15) is 35.4 Å². The second-order valence-corrected chi connectivity index (χ2v) is 5.68. The summed E-state index contributed by atoms with van der Waals surface area (Å²) in [4.78, 5) is 0. The molecule has 0 aliphatic carbocycles. The molecule has 23 heavy (non-hydrogen) atoms. The van der Waals surface area contributed by atoms with Crippen LogP contribution in [0.2, 0.25) is 0 Å². The molecular weight excluding hydrogens is 286 g/mol. The van der Waals surface area contributed by atoms with Crippen LogP contribution in [0.5, 0.6) is 11.5 Å². The Labute approximate surface area is 138 Å². The highest BCUT2D eigenvalue weighted by Gasteiger charge is 2.13. The number of hydrogen-bond donors (Lipinski definition) is 0. The molecule has 2 rings (SSSR count). The Morgan fingerprint density at radius 3 is 2.52 bits per heavy atom. The molecule has 0 aliphatic rings. The van der Waals surface area contributed by atoms with Crippen LogP contribution < -0.4 is 9.47 Å². The Balaban J connectivity index is 1.92. The van der Waals surface area contributed by atoms with Gasteiger partial charge < -0.3 is 9.47 Å². The third kappa shape index (κ3) is 4.50. The lowest BCUT2D eigenvalue weighted by Crippen LogP contribution is -2.04. The SMILES string of the molecule is COc1ccccc1OCCCC(C#N)c1cc(C)ccc1C. The molecule has 0 radical (unpaired) electrons. The van der Waals surface area contributed by atoms with E-state index in [9.17, 15) is 5.26 Å². The summed E-state index contributed by atoms with van der Waals surface area (Å²) in [6.45, 7) is 4.69. The summed E-state index contributed by atoms with van der Waals surface area (Å²) < 4.78 is 11.0. The van der Waals surface area contributed by atoms with E-state index in [1.54, 1.807) is 7.11 Å². The molecule has 3 nitrogen and oxygen atoms in total. The number of methoxy groups -OCH3 is 1. The highest BCUT2D eigenvalue weighted by atomic mass is 16.5. The van der Waals surface area contributed by atoms with E-state index in [2.05, 4.69) is 38.1 Å². The lowest BCUT2D eigenvalue weighted by Gasteiger charge is -2.14. The summed E-state index contributed by atoms with van der Waals surface area (Å²) in [5.74, 6) is 1.39. The molecule has 0 aliphatic heterocycles. The molecule has 0 spiro atoms. The molecule has 0 fully saturated rings. The zero-order valence-corrected chi connectivity index (χ0v) is 14.0. The average molecular weight is 309 g/mol. The normalized spacial score (nSPS) is 11.6. The van der Waals surface area contributed by atoms with E-state index in [0.717, 1.165) is 29.9 Å². The molecule has 0 heterocycles. The maximum absolute atomic E-state index is 9.48. The minimum Gasteiger partial charge on any atom is -0.493 e. The van der Waals surface area contributed by atoms with Crippen molar-refractivity contribution in [1.29, 1.82) is 5.26 Å². The molecule has 0 saturated heterocycles. The van der Waals surface area contributed by atoms with Crippen LogP contribution in [-0.2, 0) is 0 Å². The Hall–Kier alpha value is -2.47. The Morgan fingerprint density at radius 2 is 1.83 bits per heavy atom. The van der Waals surface area contributed by atoms with Gasteiger partial charge in [0, 0.05) is 0 Å². The smallest absolute Gasteiger partial charge is 0.161 e. The topological polar surface area (TPSA) is 42.2 Å². The van der Waals surface area contributed by atoms with Gasteiger partial charge in [0.15, 0.2) is 11.5 Å². The Morgan fingerprint density at radius 1 is 1.09 bits per heavy atom. The van der Waals surface area contributed by atoms with Crippen LogP contribution in [0.25, 0.3) is 0 Å². The highest BCUT2D eigenvalue weighted by molar-refractivity contribution is 5.39. The van der Waals surface area contributed by atoms with E-state index in [-0.39, 0.29) is 5.92 Å². The van der Waals surface area contributed by atoms with E-state index < -0.39 is 0 Å². The minimum absolute atomic E-state index is 0.0869. The van der Waals surface area contributed by atoms with Crippen LogP contribution in [0, 0.1) is 25.2 Å². The van der Waals surface area contributed by atoms with Gasteiger partial charge in [0.1, 0.15) is 0 Å². The van der Waals surface area contributed by atoms with Gasteiger partial charge in [0.2, 0.25) is 0 Å². The largest absolute Gasteiger partial charge is 0.493 e. The van der Waals surface area contributed by atoms with Crippen molar-refractivity contribution < 1.29 is 9.47 Å². The van der Waals surface area contributed by atoms with E-state index in [1.165, 1.54) is 11.1 Å². The van der Waals surface area contributed by atoms with Crippen LogP contribution in [0.3, 0.4) is 0 Å². The van der Waals surface area contributed by atoms with Crippen LogP contribution in [0.15, 0.2) is 42.5 Å². The number of hydrogen-bond acceptors (Lipinski definition) is 3. The van der Waals surface area contributed by atoms with Crippen LogP contribution in [-0.4, -0.2) is 13.7 Å². The number of nitriles is 1. The third-order valence-corrected chi connectivity index (χ3v) is 3.93. The summed E-state index contributed by atoms with van der Waals surface area (Å²) in [7, 11) is 1.63. The summed E-state index contributed by atoms with van der Waals surface area (Å²) in [6, 6.07) is 16.3. The summed E-state index contributed by atoms with van der Waals surface area (Å²) >= 11 is 0. The number of aryl methyl sites for hydroxylation is 2. The lowest BCUT2D eigenvalue weighted by molar-refractivity contribution is 0.285. The second kappa shape index (κ2) is 8.24. The molecule has 1 unspecified atom stereocenters. The lowest BCUT2D eigenvalue weighted by atomic mass is 9.91. The molecule has 0 amide bonds. The number of benzene rings is 2. The quantitative estimate of drug-likeness (QED) is 0.691. The fourth-order valence-electron chi connectivity index (χ4n) is 2.63. The fraction of sp³-hybridized carbons (Fsp3) is 0.350. The van der Waals surface area contributed by atoms with Gasteiger partial charge in [-0.15, -0.1) is 0 Å². The standard InChI is InChI=1S/C20H23NO2/c1-15-10-11-16(2)18(13-15)17(14-21)7-6-12-23-20-9-5-4-8-19(20)22-3/h4-5,8-11,13,17H,6-7,12H2,1-3H3. The molecule has 0 aromatic heterocycles. The summed E-state index contributed by atoms with van der Waals surface area (Å²) in [5, 5.41) is 9.48. The minimum atomic E-state index is -0.0869. The van der Waals surface area contributed by atoms with Crippen molar-refractivity contribution in [3.8, 4) is 17.6 Å². The molecule has 120 valence electrons. The van der Waals surface area contributed by atoms with Crippen molar-refractivity contribution in [3.63, 3.8) is 0 Å². The van der Waals surface area contributed by atoms with Crippen molar-refractivity contribution in [2.24, 2.45) is 0 Å². The van der Waals surface area contributed by atoms with Crippen molar-refractivity contribution in [2.45, 2.75) is 32.6 Å². The monoisotopic (exact) mass is 309 g/mol. The number of rotatable bonds is 7. The molecular formula is C20H23NO2. The van der Waals surface area contributed by atoms with Gasteiger partial charge in [-0.25, -0.2) is 0 Å². The highest BCUT2D eigenvalue weighted by Crippen LogP contribution is 2.27. The van der Waals surface area contributed by atoms with Gasteiger partial charge >= 0.3 is 0 Å². The molecule has 0 bridgehead atoms. The molecule has 3 heteroatoms. The van der Waals surface area contributed by atoms with Gasteiger partial charge in [-0.3, -0.25) is 0 Å². The Kier molecular flexibility index (Phi) is 6.05. The first-order valence-electron chi connectivity index (χ1n) is 7.88. The number of nitrogens with zero attached hydrogens (tertiary/aromatic N) is 1. The first-order valence-corrected chi connectivity index (χ1v) is 7.88. The van der Waals surface area contributed by atoms with Crippen molar-refractivity contribution in [2.75, 3.05) is 13.7 Å². The first kappa shape index (κ1) is 16.9. The maximum atomic E-state index is 9.48. The zero-order chi connectivity index (χ0) is 16.7. The average Bonchev–Trinajstić information content (AvgIpc) is 2.58. The number of para-hydroxylation sites is 2. The molecule has 0 N–H and O–H groups in total. The zero-order valence-electron chi connectivity index (χ0n) is 14.0. The predicted octanol–water partition coefficient (Wildman–Crippen LogP) is 4.78. The second-order valence-electron chi connectivity index (χ2n) is 5.68. The van der Waals surface area contributed by atoms with Crippen molar-refractivity contribution >= 4 is 0 Å². The van der Waals surface area contributed by atoms with Gasteiger partial charge in [-0.2, -0.15) is 5.26 Å². The molecule has 2 aromatic rings. The molecule has 0 saturated carbocycles. The first-order chi connectivity index (χ1) is 11.2. The summed E-state index contributed by atoms with van der Waals surface area (Å²) in [5.41, 5.74) is 3.49. The van der Waals surface area contributed by atoms with E-state index in [4.69, 9.17) is 9.47 Å². The third-order valence-electron chi connectivity index (χ3n) is 3.93. The van der Waals surface area contributed by atoms with E-state index >= 15 is 0 Å². The number of ether oxygens (including phenoxy) is 2. The van der Waals surface area contributed by atoms with Gasteiger partial charge in [0.25, 0.3) is 0 Å². The van der Waals surface area contributed by atoms with E-state index in [1.807, 2.05) is 24.3 Å². The van der Waals surface area contributed by atoms with Crippen LogP contribution >= 0.6 is 0 Å².